The Balaban J connectivity index is 2.36. The summed E-state index contributed by atoms with van der Waals surface area (Å²) in [6.45, 7) is 3.41. The fraction of sp³-hybridized carbons (Fsp3) is 0.188. The maximum absolute atomic E-state index is 13.0. The van der Waals surface area contributed by atoms with Crippen molar-refractivity contribution in [2.24, 2.45) is 0 Å². The van der Waals surface area contributed by atoms with Crippen LogP contribution in [-0.4, -0.2) is 22.3 Å². The number of benzene rings is 1. The lowest BCUT2D eigenvalue weighted by Gasteiger charge is -2.06. The number of carbonyl (C=O) groups is 1. The lowest BCUT2D eigenvalue weighted by molar-refractivity contribution is -0.142. The van der Waals surface area contributed by atoms with E-state index in [1.165, 1.54) is 24.4 Å². The lowest BCUT2D eigenvalue weighted by atomic mass is 10.1. The average Bonchev–Trinajstić information content (AvgIpc) is 2.92. The summed E-state index contributed by atoms with van der Waals surface area (Å²) in [5, 5.41) is 15.8. The summed E-state index contributed by atoms with van der Waals surface area (Å²) in [6, 6.07) is 7.62. The first-order valence-electron chi connectivity index (χ1n) is 6.63. The fourth-order valence-corrected chi connectivity index (χ4v) is 1.82. The van der Waals surface area contributed by atoms with Crippen LogP contribution in [0.1, 0.15) is 19.4 Å². The Morgan fingerprint density at radius 3 is 2.68 bits per heavy atom. The highest BCUT2D eigenvalue weighted by Crippen LogP contribution is 2.23. The van der Waals surface area contributed by atoms with Crippen molar-refractivity contribution in [1.29, 1.82) is 5.26 Å². The molecule has 0 atom stereocenters. The van der Waals surface area contributed by atoms with Gasteiger partial charge in [-0.2, -0.15) is 10.4 Å². The van der Waals surface area contributed by atoms with E-state index < -0.39 is 5.97 Å². The molecule has 1 aromatic heterocycles. The molecule has 0 saturated carbocycles. The normalized spacial score (nSPS) is 11.3. The lowest BCUT2D eigenvalue weighted by Crippen LogP contribution is -2.12. The molecule has 0 aliphatic rings. The molecule has 1 N–H and O–H groups in total. The van der Waals surface area contributed by atoms with Gasteiger partial charge >= 0.3 is 5.97 Å². The van der Waals surface area contributed by atoms with E-state index in [-0.39, 0.29) is 17.5 Å². The van der Waals surface area contributed by atoms with E-state index in [0.717, 1.165) is 0 Å². The van der Waals surface area contributed by atoms with Crippen molar-refractivity contribution < 1.29 is 13.9 Å². The van der Waals surface area contributed by atoms with E-state index in [1.54, 1.807) is 26.0 Å². The summed E-state index contributed by atoms with van der Waals surface area (Å²) in [6.07, 6.45) is 2.57. The molecule has 6 heteroatoms. The Morgan fingerprint density at radius 2 is 2.09 bits per heavy atom. The van der Waals surface area contributed by atoms with E-state index in [0.29, 0.717) is 16.8 Å². The largest absolute Gasteiger partial charge is 0.459 e. The van der Waals surface area contributed by atoms with Crippen LogP contribution >= 0.6 is 0 Å². The van der Waals surface area contributed by atoms with E-state index >= 15 is 0 Å². The van der Waals surface area contributed by atoms with Crippen LogP contribution in [0, 0.1) is 17.1 Å². The summed E-state index contributed by atoms with van der Waals surface area (Å²) < 4.78 is 18.0. The van der Waals surface area contributed by atoms with Gasteiger partial charge in [-0.15, -0.1) is 0 Å². The minimum atomic E-state index is -0.691. The molecule has 22 heavy (non-hydrogen) atoms. The third-order valence-electron chi connectivity index (χ3n) is 2.78. The zero-order valence-electron chi connectivity index (χ0n) is 12.1. The molecule has 1 heterocycles. The Morgan fingerprint density at radius 1 is 1.41 bits per heavy atom. The molecule has 5 nitrogen and oxygen atoms in total. The van der Waals surface area contributed by atoms with Crippen LogP contribution in [0.25, 0.3) is 17.3 Å². The number of rotatable bonds is 4. The maximum Gasteiger partial charge on any atom is 0.349 e. The molecule has 0 saturated heterocycles. The highest BCUT2D eigenvalue weighted by molar-refractivity contribution is 5.98. The zero-order chi connectivity index (χ0) is 16.1. The molecule has 0 aliphatic carbocycles. The molecule has 0 spiro atoms. The van der Waals surface area contributed by atoms with Crippen LogP contribution < -0.4 is 0 Å². The molecule has 112 valence electrons. The number of nitrogens with one attached hydrogen (secondary N) is 1. The number of nitrogens with zero attached hydrogens (tertiary/aromatic N) is 2. The summed E-state index contributed by atoms with van der Waals surface area (Å²) in [5.74, 6) is -1.04. The van der Waals surface area contributed by atoms with Gasteiger partial charge in [0.1, 0.15) is 17.5 Å². The Labute approximate surface area is 127 Å². The van der Waals surface area contributed by atoms with Crippen molar-refractivity contribution in [2.75, 3.05) is 0 Å². The predicted octanol–water partition coefficient (Wildman–Crippen LogP) is 3.07. The van der Waals surface area contributed by atoms with Gasteiger partial charge in [0.25, 0.3) is 0 Å². The Bertz CT molecular complexity index is 739. The number of carbonyl (C=O) groups excluding carboxylic acids is 1. The van der Waals surface area contributed by atoms with Crippen molar-refractivity contribution in [1.82, 2.24) is 10.2 Å². The van der Waals surface area contributed by atoms with Gasteiger partial charge in [-0.3, -0.25) is 5.10 Å². The van der Waals surface area contributed by atoms with Crippen molar-refractivity contribution in [3.05, 3.63) is 47.4 Å². The molecule has 0 unspecified atom stereocenters. The van der Waals surface area contributed by atoms with Crippen LogP contribution in [0.4, 0.5) is 4.39 Å². The topological polar surface area (TPSA) is 78.8 Å². The van der Waals surface area contributed by atoms with Gasteiger partial charge in [-0.05, 0) is 44.2 Å². The maximum atomic E-state index is 13.0. The molecule has 0 fully saturated rings. The number of hydrogen-bond donors (Lipinski definition) is 1. The van der Waals surface area contributed by atoms with Gasteiger partial charge in [0.2, 0.25) is 0 Å². The standard InChI is InChI=1S/C16H14FN3O2/c1-10(2)22-16(21)12(8-18)7-13-9-19-20-15(13)11-3-5-14(17)6-4-11/h3-7,9-10H,1-2H3,(H,19,20)/b12-7+. The quantitative estimate of drug-likeness (QED) is 0.534. The third kappa shape index (κ3) is 3.58. The summed E-state index contributed by atoms with van der Waals surface area (Å²) in [5.41, 5.74) is 1.70. The predicted molar refractivity (Wildman–Crippen MR) is 78.8 cm³/mol. The zero-order valence-corrected chi connectivity index (χ0v) is 12.1. The Kier molecular flexibility index (Phi) is 4.69. The summed E-state index contributed by atoms with van der Waals surface area (Å²) >= 11 is 0. The molecule has 0 aliphatic heterocycles. The molecule has 2 rings (SSSR count). The SMILES string of the molecule is CC(C)OC(=O)/C(C#N)=C/c1cn[nH]c1-c1ccc(F)cc1. The van der Waals surface area contributed by atoms with Crippen molar-refractivity contribution in [3.63, 3.8) is 0 Å². The highest BCUT2D eigenvalue weighted by Gasteiger charge is 2.14. The molecule has 0 radical (unpaired) electrons. The van der Waals surface area contributed by atoms with Gasteiger partial charge in [-0.25, -0.2) is 9.18 Å². The third-order valence-corrected chi connectivity index (χ3v) is 2.78. The first-order chi connectivity index (χ1) is 10.5. The molecule has 0 bridgehead atoms. The number of aromatic nitrogens is 2. The second-order valence-corrected chi connectivity index (χ2v) is 4.83. The minimum absolute atomic E-state index is 0.126. The van der Waals surface area contributed by atoms with E-state index in [4.69, 9.17) is 10.00 Å². The molecular weight excluding hydrogens is 285 g/mol. The highest BCUT2D eigenvalue weighted by atomic mass is 19.1. The van der Waals surface area contributed by atoms with Crippen LogP contribution in [-0.2, 0) is 9.53 Å². The van der Waals surface area contributed by atoms with Gasteiger partial charge < -0.3 is 4.74 Å². The molecule has 2 aromatic rings. The number of ether oxygens (including phenoxy) is 1. The number of aromatic amines is 1. The Hall–Kier alpha value is -2.94. The second kappa shape index (κ2) is 6.68. The van der Waals surface area contributed by atoms with E-state index in [2.05, 4.69) is 10.2 Å². The van der Waals surface area contributed by atoms with Crippen LogP contribution in [0.15, 0.2) is 36.0 Å². The number of halogens is 1. The van der Waals surface area contributed by atoms with Gasteiger partial charge in [0.15, 0.2) is 0 Å². The first kappa shape index (κ1) is 15.4. The number of esters is 1. The molecule has 1 aromatic carbocycles. The molecular formula is C16H14FN3O2. The van der Waals surface area contributed by atoms with Gasteiger partial charge in [0, 0.05) is 11.1 Å². The smallest absolute Gasteiger partial charge is 0.349 e. The fourth-order valence-electron chi connectivity index (χ4n) is 1.82. The number of nitriles is 1. The summed E-state index contributed by atoms with van der Waals surface area (Å²) in [4.78, 5) is 11.8. The van der Waals surface area contributed by atoms with Crippen LogP contribution in [0.5, 0.6) is 0 Å². The van der Waals surface area contributed by atoms with Crippen molar-refractivity contribution >= 4 is 12.0 Å². The van der Waals surface area contributed by atoms with Gasteiger partial charge in [-0.1, -0.05) is 0 Å². The van der Waals surface area contributed by atoms with Crippen LogP contribution in [0.3, 0.4) is 0 Å². The van der Waals surface area contributed by atoms with Crippen LogP contribution in [0.2, 0.25) is 0 Å². The van der Waals surface area contributed by atoms with Crippen molar-refractivity contribution in [2.45, 2.75) is 20.0 Å². The second-order valence-electron chi connectivity index (χ2n) is 4.83. The van der Waals surface area contributed by atoms with E-state index in [1.807, 2.05) is 6.07 Å². The number of hydrogen-bond acceptors (Lipinski definition) is 4. The van der Waals surface area contributed by atoms with Crippen molar-refractivity contribution in [3.8, 4) is 17.3 Å². The monoisotopic (exact) mass is 299 g/mol. The minimum Gasteiger partial charge on any atom is -0.459 e. The molecule has 0 amide bonds. The van der Waals surface area contributed by atoms with Gasteiger partial charge in [0.05, 0.1) is 18.0 Å². The average molecular weight is 299 g/mol. The number of H-pyrrole nitrogens is 1. The first-order valence-corrected chi connectivity index (χ1v) is 6.63. The van der Waals surface area contributed by atoms with E-state index in [9.17, 15) is 9.18 Å². The summed E-state index contributed by atoms with van der Waals surface area (Å²) in [7, 11) is 0.